The first-order valence-corrected chi connectivity index (χ1v) is 10.6. The first-order chi connectivity index (χ1) is 14.3. The normalized spacial score (nSPS) is 11.0. The first-order valence-electron chi connectivity index (χ1n) is 9.79. The number of aryl methyl sites for hydroxylation is 4. The smallest absolute Gasteiger partial charge is 0.341 e. The highest BCUT2D eigenvalue weighted by atomic mass is 32.1. The summed E-state index contributed by atoms with van der Waals surface area (Å²) < 4.78 is 12.5. The zero-order valence-corrected chi connectivity index (χ0v) is 18.9. The number of aromatic nitrogens is 3. The van der Waals surface area contributed by atoms with Crippen molar-refractivity contribution in [1.29, 1.82) is 0 Å². The first kappa shape index (κ1) is 21.8. The lowest BCUT2D eigenvalue weighted by Crippen LogP contribution is -2.21. The summed E-state index contributed by atoms with van der Waals surface area (Å²) in [5.74, 6) is -0.446. The second-order valence-corrected chi connectivity index (χ2v) is 8.18. The van der Waals surface area contributed by atoms with Gasteiger partial charge in [0.25, 0.3) is 5.91 Å². The maximum atomic E-state index is 12.6. The predicted octanol–water partition coefficient (Wildman–Crippen LogP) is 3.71. The van der Waals surface area contributed by atoms with Crippen molar-refractivity contribution in [3.8, 4) is 5.88 Å². The molecule has 0 fully saturated rings. The molecule has 3 aromatic heterocycles. The lowest BCUT2D eigenvalue weighted by Gasteiger charge is -2.08. The molecule has 160 valence electrons. The van der Waals surface area contributed by atoms with E-state index in [9.17, 15) is 9.59 Å². The number of carbonyl (C=O) groups is 2. The number of esters is 1. The monoisotopic (exact) mass is 430 g/mol. The van der Waals surface area contributed by atoms with Crippen molar-refractivity contribution >= 4 is 39.2 Å². The summed E-state index contributed by atoms with van der Waals surface area (Å²) in [5.41, 5.74) is 3.89. The van der Waals surface area contributed by atoms with Crippen molar-refractivity contribution in [2.45, 2.75) is 41.0 Å². The van der Waals surface area contributed by atoms with Gasteiger partial charge in [0.2, 0.25) is 5.88 Å². The van der Waals surface area contributed by atoms with Crippen LogP contribution in [-0.2, 0) is 23.0 Å². The number of amides is 1. The van der Waals surface area contributed by atoms with Gasteiger partial charge in [-0.1, -0.05) is 6.92 Å². The molecule has 1 amide bonds. The van der Waals surface area contributed by atoms with Gasteiger partial charge in [0.1, 0.15) is 5.00 Å². The molecule has 0 aromatic carbocycles. The van der Waals surface area contributed by atoms with Gasteiger partial charge in [0.05, 0.1) is 17.6 Å². The van der Waals surface area contributed by atoms with Crippen LogP contribution in [0.15, 0.2) is 6.07 Å². The summed E-state index contributed by atoms with van der Waals surface area (Å²) in [6.07, 6.45) is 0.675. The molecule has 0 aliphatic rings. The van der Waals surface area contributed by atoms with Crippen molar-refractivity contribution in [3.05, 3.63) is 33.3 Å². The van der Waals surface area contributed by atoms with Crippen molar-refractivity contribution in [2.75, 3.05) is 18.5 Å². The number of anilines is 1. The third-order valence-electron chi connectivity index (χ3n) is 4.72. The van der Waals surface area contributed by atoms with E-state index in [1.54, 1.807) is 18.7 Å². The average molecular weight is 431 g/mol. The minimum absolute atomic E-state index is 0.236. The molecule has 1 N–H and O–H groups in total. The van der Waals surface area contributed by atoms with E-state index in [1.165, 1.54) is 11.3 Å². The Balaban J connectivity index is 1.79. The van der Waals surface area contributed by atoms with Crippen molar-refractivity contribution in [2.24, 2.45) is 7.05 Å². The molecule has 0 saturated carbocycles. The van der Waals surface area contributed by atoms with Crippen LogP contribution in [0.4, 0.5) is 5.00 Å². The van der Waals surface area contributed by atoms with Gasteiger partial charge in [0, 0.05) is 17.6 Å². The van der Waals surface area contributed by atoms with E-state index in [1.807, 2.05) is 33.8 Å². The Hall–Kier alpha value is -2.94. The number of carbonyl (C=O) groups excluding carboxylic acids is 2. The van der Waals surface area contributed by atoms with Crippen molar-refractivity contribution in [3.63, 3.8) is 0 Å². The maximum Gasteiger partial charge on any atom is 0.341 e. The topological polar surface area (TPSA) is 95.3 Å². The van der Waals surface area contributed by atoms with E-state index >= 15 is 0 Å². The Morgan fingerprint density at radius 2 is 1.97 bits per heavy atom. The summed E-state index contributed by atoms with van der Waals surface area (Å²) in [6, 6.07) is 1.95. The molecule has 0 atom stereocenters. The molecule has 30 heavy (non-hydrogen) atoms. The molecule has 0 unspecified atom stereocenters. The molecule has 0 radical (unpaired) electrons. The molecule has 0 aliphatic carbocycles. The van der Waals surface area contributed by atoms with Gasteiger partial charge in [-0.3, -0.25) is 4.79 Å². The third-order valence-corrected chi connectivity index (χ3v) is 5.78. The molecule has 3 aromatic rings. The number of fused-ring (bicyclic) bond motifs is 1. The second kappa shape index (κ2) is 8.83. The summed E-state index contributed by atoms with van der Waals surface area (Å²) in [7, 11) is 1.79. The number of rotatable bonds is 7. The molecule has 3 heterocycles. The van der Waals surface area contributed by atoms with E-state index in [0.717, 1.165) is 27.1 Å². The van der Waals surface area contributed by atoms with Crippen LogP contribution in [0, 0.1) is 20.8 Å². The largest absolute Gasteiger partial charge is 0.466 e. The zero-order valence-electron chi connectivity index (χ0n) is 18.1. The van der Waals surface area contributed by atoms with Crippen LogP contribution in [0.2, 0.25) is 0 Å². The van der Waals surface area contributed by atoms with Gasteiger partial charge in [-0.15, -0.1) is 16.4 Å². The molecule has 3 rings (SSSR count). The highest BCUT2D eigenvalue weighted by Gasteiger charge is 2.24. The Morgan fingerprint density at radius 1 is 1.23 bits per heavy atom. The van der Waals surface area contributed by atoms with E-state index in [4.69, 9.17) is 9.47 Å². The number of nitrogens with one attached hydrogen (secondary N) is 1. The summed E-state index contributed by atoms with van der Waals surface area (Å²) >= 11 is 1.36. The molecule has 9 heteroatoms. The molecular weight excluding hydrogens is 404 g/mol. The highest BCUT2D eigenvalue weighted by Crippen LogP contribution is 2.34. The fourth-order valence-electron chi connectivity index (χ4n) is 3.46. The van der Waals surface area contributed by atoms with E-state index in [-0.39, 0.29) is 19.1 Å². The van der Waals surface area contributed by atoms with E-state index in [0.29, 0.717) is 28.5 Å². The third kappa shape index (κ3) is 4.16. The van der Waals surface area contributed by atoms with Crippen molar-refractivity contribution < 1.29 is 19.1 Å². The number of nitrogens with zero attached hydrogens (tertiary/aromatic N) is 3. The van der Waals surface area contributed by atoms with E-state index < -0.39 is 5.97 Å². The van der Waals surface area contributed by atoms with Crippen molar-refractivity contribution in [1.82, 2.24) is 14.8 Å². The molecule has 0 saturated heterocycles. The van der Waals surface area contributed by atoms with Gasteiger partial charge in [-0.25, -0.2) is 14.5 Å². The molecule has 8 nitrogen and oxygen atoms in total. The molecule has 0 bridgehead atoms. The maximum absolute atomic E-state index is 12.6. The summed E-state index contributed by atoms with van der Waals surface area (Å²) in [4.78, 5) is 30.5. The second-order valence-electron chi connectivity index (χ2n) is 6.96. The SMILES string of the molecule is CCOC(=O)c1c(NC(=O)COc2nn(C)c3nc(C)cc(C)c23)sc(C)c1CC. The van der Waals surface area contributed by atoms with Crippen LogP contribution in [-0.4, -0.2) is 39.9 Å². The van der Waals surface area contributed by atoms with Crippen LogP contribution in [0.3, 0.4) is 0 Å². The number of hydrogen-bond acceptors (Lipinski definition) is 7. The fraction of sp³-hybridized carbons (Fsp3) is 0.429. The minimum Gasteiger partial charge on any atom is -0.466 e. The summed E-state index contributed by atoms with van der Waals surface area (Å²) in [6.45, 7) is 9.56. The molecule has 0 aliphatic heterocycles. The summed E-state index contributed by atoms with van der Waals surface area (Å²) in [5, 5.41) is 8.41. The number of hydrogen-bond donors (Lipinski definition) is 1. The van der Waals surface area contributed by atoms with Gasteiger partial charge in [0.15, 0.2) is 12.3 Å². The van der Waals surface area contributed by atoms with E-state index in [2.05, 4.69) is 15.4 Å². The Bertz CT molecular complexity index is 1120. The Labute approximate surface area is 179 Å². The quantitative estimate of drug-likeness (QED) is 0.574. The predicted molar refractivity (Wildman–Crippen MR) is 116 cm³/mol. The van der Waals surface area contributed by atoms with Gasteiger partial charge >= 0.3 is 5.97 Å². The van der Waals surface area contributed by atoms with Crippen LogP contribution >= 0.6 is 11.3 Å². The number of thiophene rings is 1. The highest BCUT2D eigenvalue weighted by molar-refractivity contribution is 7.16. The lowest BCUT2D eigenvalue weighted by atomic mass is 10.1. The standard InChI is InChI=1S/C21H26N4O4S/c1-7-14-13(5)30-20(17(14)21(27)28-8-2)23-15(26)10-29-19-16-11(3)9-12(4)22-18(16)25(6)24-19/h9H,7-8,10H2,1-6H3,(H,23,26). The Morgan fingerprint density at radius 3 is 2.63 bits per heavy atom. The van der Waals surface area contributed by atoms with Crippen LogP contribution in [0.25, 0.3) is 11.0 Å². The van der Waals surface area contributed by atoms with Gasteiger partial charge in [-0.2, -0.15) is 0 Å². The fourth-order valence-corrected chi connectivity index (χ4v) is 4.61. The Kier molecular flexibility index (Phi) is 6.40. The molecular formula is C21H26N4O4S. The van der Waals surface area contributed by atoms with Crippen LogP contribution in [0.1, 0.15) is 45.9 Å². The average Bonchev–Trinajstić information content (AvgIpc) is 3.16. The number of pyridine rings is 1. The van der Waals surface area contributed by atoms with Crippen LogP contribution in [0.5, 0.6) is 5.88 Å². The van der Waals surface area contributed by atoms with Crippen LogP contribution < -0.4 is 10.1 Å². The zero-order chi connectivity index (χ0) is 22.0. The lowest BCUT2D eigenvalue weighted by molar-refractivity contribution is -0.118. The van der Waals surface area contributed by atoms with Gasteiger partial charge < -0.3 is 14.8 Å². The van der Waals surface area contributed by atoms with Gasteiger partial charge in [-0.05, 0) is 51.3 Å². The number of ether oxygens (including phenoxy) is 2. The minimum atomic E-state index is -0.428. The molecule has 0 spiro atoms.